The number of hydrogen-bond acceptors (Lipinski definition) is 1. The zero-order chi connectivity index (χ0) is 15.6. The summed E-state index contributed by atoms with van der Waals surface area (Å²) in [5.74, 6) is -0.641. The van der Waals surface area contributed by atoms with E-state index in [1.165, 1.54) is 30.3 Å². The first-order valence-electron chi connectivity index (χ1n) is 5.82. The molecule has 21 heavy (non-hydrogen) atoms. The van der Waals surface area contributed by atoms with Gasteiger partial charge in [-0.15, -0.1) is 0 Å². The summed E-state index contributed by atoms with van der Waals surface area (Å²) in [7, 11) is 0. The molecule has 7 heteroatoms. The summed E-state index contributed by atoms with van der Waals surface area (Å²) in [4.78, 5) is 0. The van der Waals surface area contributed by atoms with E-state index >= 15 is 0 Å². The van der Waals surface area contributed by atoms with Gasteiger partial charge in [0.1, 0.15) is 5.82 Å². The maximum atomic E-state index is 13.7. The molecule has 0 radical (unpaired) electrons. The molecule has 0 unspecified atom stereocenters. The van der Waals surface area contributed by atoms with Crippen molar-refractivity contribution in [2.45, 2.75) is 12.7 Å². The van der Waals surface area contributed by atoms with Gasteiger partial charge in [0, 0.05) is 22.3 Å². The Morgan fingerprint density at radius 2 is 1.86 bits per heavy atom. The van der Waals surface area contributed by atoms with Crippen LogP contribution in [0.15, 0.2) is 40.9 Å². The number of halogens is 6. The van der Waals surface area contributed by atoms with Gasteiger partial charge in [-0.1, -0.05) is 39.7 Å². The molecule has 0 aromatic heterocycles. The minimum Gasteiger partial charge on any atom is -0.380 e. The Morgan fingerprint density at radius 1 is 1.14 bits per heavy atom. The van der Waals surface area contributed by atoms with E-state index in [0.29, 0.717) is 4.47 Å². The molecule has 1 nitrogen and oxygen atoms in total. The van der Waals surface area contributed by atoms with Crippen molar-refractivity contribution in [3.05, 3.63) is 62.8 Å². The normalized spacial score (nSPS) is 11.5. The van der Waals surface area contributed by atoms with E-state index in [1.54, 1.807) is 0 Å². The van der Waals surface area contributed by atoms with Crippen molar-refractivity contribution in [1.29, 1.82) is 0 Å². The molecule has 0 spiro atoms. The lowest BCUT2D eigenvalue weighted by atomic mass is 10.1. The molecule has 0 aliphatic heterocycles. The molecule has 0 amide bonds. The van der Waals surface area contributed by atoms with Crippen LogP contribution in [0.25, 0.3) is 0 Å². The SMILES string of the molecule is Fc1c(Cl)cccc1CNc1ccc(Br)cc1C(F)(F)F. The zero-order valence-corrected chi connectivity index (χ0v) is 12.8. The third-order valence-electron chi connectivity index (χ3n) is 2.79. The lowest BCUT2D eigenvalue weighted by Gasteiger charge is -2.15. The number of rotatable bonds is 3. The van der Waals surface area contributed by atoms with E-state index in [9.17, 15) is 17.6 Å². The highest BCUT2D eigenvalue weighted by Gasteiger charge is 2.33. The van der Waals surface area contributed by atoms with Crippen LogP contribution in [0.4, 0.5) is 23.2 Å². The van der Waals surface area contributed by atoms with Crippen molar-refractivity contribution in [3.63, 3.8) is 0 Å². The van der Waals surface area contributed by atoms with Crippen LogP contribution in [0.1, 0.15) is 11.1 Å². The number of anilines is 1. The van der Waals surface area contributed by atoms with Crippen LogP contribution >= 0.6 is 27.5 Å². The Hall–Kier alpha value is -1.27. The minimum atomic E-state index is -4.50. The van der Waals surface area contributed by atoms with E-state index in [4.69, 9.17) is 11.6 Å². The molecular formula is C14H9BrClF4N. The van der Waals surface area contributed by atoms with Gasteiger partial charge in [-0.25, -0.2) is 4.39 Å². The summed E-state index contributed by atoms with van der Waals surface area (Å²) in [5.41, 5.74) is -0.747. The number of benzene rings is 2. The van der Waals surface area contributed by atoms with Crippen LogP contribution in [0.3, 0.4) is 0 Å². The average Bonchev–Trinajstić information content (AvgIpc) is 2.40. The zero-order valence-electron chi connectivity index (χ0n) is 10.4. The van der Waals surface area contributed by atoms with Gasteiger partial charge in [-0.2, -0.15) is 13.2 Å². The van der Waals surface area contributed by atoms with E-state index in [1.807, 2.05) is 0 Å². The van der Waals surface area contributed by atoms with Crippen molar-refractivity contribution in [3.8, 4) is 0 Å². The van der Waals surface area contributed by atoms with Crippen LogP contribution in [0.2, 0.25) is 5.02 Å². The Bertz CT molecular complexity index is 658. The van der Waals surface area contributed by atoms with Gasteiger partial charge in [0.15, 0.2) is 0 Å². The van der Waals surface area contributed by atoms with Crippen LogP contribution < -0.4 is 5.32 Å². The van der Waals surface area contributed by atoms with Crippen LogP contribution in [0, 0.1) is 5.82 Å². The summed E-state index contributed by atoms with van der Waals surface area (Å²) in [6, 6.07) is 8.11. The third-order valence-corrected chi connectivity index (χ3v) is 3.57. The molecule has 0 bridgehead atoms. The second-order valence-electron chi connectivity index (χ2n) is 4.25. The van der Waals surface area contributed by atoms with Crippen LogP contribution in [-0.4, -0.2) is 0 Å². The molecule has 0 aliphatic carbocycles. The Kier molecular flexibility index (Phi) is 4.78. The fourth-order valence-corrected chi connectivity index (χ4v) is 2.34. The smallest absolute Gasteiger partial charge is 0.380 e. The van der Waals surface area contributed by atoms with Gasteiger partial charge >= 0.3 is 6.18 Å². The Balaban J connectivity index is 2.26. The lowest BCUT2D eigenvalue weighted by Crippen LogP contribution is -2.11. The van der Waals surface area contributed by atoms with Crippen molar-refractivity contribution in [2.24, 2.45) is 0 Å². The average molecular weight is 383 g/mol. The standard InChI is InChI=1S/C14H9BrClF4N/c15-9-4-5-12(10(6-9)14(18,19)20)21-7-8-2-1-3-11(16)13(8)17/h1-6,21H,7H2. The second-order valence-corrected chi connectivity index (χ2v) is 5.58. The van der Waals surface area contributed by atoms with E-state index in [-0.39, 0.29) is 22.8 Å². The van der Waals surface area contributed by atoms with Gasteiger partial charge in [0.2, 0.25) is 0 Å². The first-order chi connectivity index (χ1) is 9.79. The monoisotopic (exact) mass is 381 g/mol. The first-order valence-corrected chi connectivity index (χ1v) is 6.99. The highest BCUT2D eigenvalue weighted by Crippen LogP contribution is 2.36. The van der Waals surface area contributed by atoms with Gasteiger partial charge in [-0.05, 0) is 24.3 Å². The van der Waals surface area contributed by atoms with Gasteiger partial charge < -0.3 is 5.32 Å². The number of alkyl halides is 3. The summed E-state index contributed by atoms with van der Waals surface area (Å²) in [6.07, 6.45) is -4.50. The van der Waals surface area contributed by atoms with Gasteiger partial charge in [-0.3, -0.25) is 0 Å². The molecule has 0 atom stereocenters. The van der Waals surface area contributed by atoms with E-state index in [0.717, 1.165) is 6.07 Å². The fraction of sp³-hybridized carbons (Fsp3) is 0.143. The third kappa shape index (κ3) is 3.89. The molecule has 2 aromatic carbocycles. The molecule has 0 fully saturated rings. The predicted octanol–water partition coefficient (Wildman–Crippen LogP) is 5.87. The molecule has 0 aliphatic rings. The molecule has 112 valence electrons. The first kappa shape index (κ1) is 16.1. The van der Waals surface area contributed by atoms with Crippen molar-refractivity contribution in [1.82, 2.24) is 0 Å². The fourth-order valence-electron chi connectivity index (χ4n) is 1.78. The maximum Gasteiger partial charge on any atom is 0.418 e. The molecule has 0 saturated heterocycles. The minimum absolute atomic E-state index is 0.0684. The van der Waals surface area contributed by atoms with Gasteiger partial charge in [0.05, 0.1) is 10.6 Å². The molecule has 1 N–H and O–H groups in total. The summed E-state index contributed by atoms with van der Waals surface area (Å²) in [6.45, 7) is -0.100. The maximum absolute atomic E-state index is 13.7. The Morgan fingerprint density at radius 3 is 2.52 bits per heavy atom. The van der Waals surface area contributed by atoms with Crippen molar-refractivity contribution in [2.75, 3.05) is 5.32 Å². The molecule has 0 saturated carbocycles. The number of hydrogen-bond donors (Lipinski definition) is 1. The molecule has 2 aromatic rings. The van der Waals surface area contributed by atoms with Crippen LogP contribution in [-0.2, 0) is 12.7 Å². The van der Waals surface area contributed by atoms with E-state index in [2.05, 4.69) is 21.2 Å². The van der Waals surface area contributed by atoms with E-state index < -0.39 is 17.6 Å². The number of nitrogens with one attached hydrogen (secondary N) is 1. The predicted molar refractivity (Wildman–Crippen MR) is 77.9 cm³/mol. The molecular weight excluding hydrogens is 374 g/mol. The molecule has 2 rings (SSSR count). The van der Waals surface area contributed by atoms with Gasteiger partial charge in [0.25, 0.3) is 0 Å². The lowest BCUT2D eigenvalue weighted by molar-refractivity contribution is -0.137. The summed E-state index contributed by atoms with van der Waals surface area (Å²) >= 11 is 8.63. The highest BCUT2D eigenvalue weighted by molar-refractivity contribution is 9.10. The summed E-state index contributed by atoms with van der Waals surface area (Å²) in [5, 5.41) is 2.52. The van der Waals surface area contributed by atoms with Crippen molar-refractivity contribution >= 4 is 33.2 Å². The quantitative estimate of drug-likeness (QED) is 0.654. The summed E-state index contributed by atoms with van der Waals surface area (Å²) < 4.78 is 52.8. The molecule has 0 heterocycles. The Labute approximate surface area is 132 Å². The van der Waals surface area contributed by atoms with Crippen LogP contribution in [0.5, 0.6) is 0 Å². The largest absolute Gasteiger partial charge is 0.418 e. The van der Waals surface area contributed by atoms with Crippen molar-refractivity contribution < 1.29 is 17.6 Å². The second kappa shape index (κ2) is 6.23. The topological polar surface area (TPSA) is 12.0 Å². The highest BCUT2D eigenvalue weighted by atomic mass is 79.9.